The number of carbonyl (C=O) groups excluding carboxylic acids is 1. The molecule has 26 heavy (non-hydrogen) atoms. The predicted molar refractivity (Wildman–Crippen MR) is 99.8 cm³/mol. The minimum absolute atomic E-state index is 0.284. The van der Waals surface area contributed by atoms with E-state index in [9.17, 15) is 4.79 Å². The third-order valence-electron chi connectivity index (χ3n) is 3.76. The van der Waals surface area contributed by atoms with Crippen LogP contribution in [-0.2, 0) is 0 Å². The maximum atomic E-state index is 12.7. The van der Waals surface area contributed by atoms with Gasteiger partial charge in [-0.25, -0.2) is 0 Å². The molecule has 1 amide bonds. The zero-order chi connectivity index (χ0) is 18.5. The van der Waals surface area contributed by atoms with Gasteiger partial charge in [0.25, 0.3) is 5.91 Å². The van der Waals surface area contributed by atoms with E-state index in [4.69, 9.17) is 14.2 Å². The van der Waals surface area contributed by atoms with Crippen LogP contribution in [0.2, 0.25) is 0 Å². The van der Waals surface area contributed by atoms with Crippen molar-refractivity contribution in [2.24, 2.45) is 0 Å². The number of rotatable bonds is 9. The topological polar surface area (TPSA) is 82.6 Å². The first-order chi connectivity index (χ1) is 12.7. The summed E-state index contributed by atoms with van der Waals surface area (Å²) in [6.45, 7) is 7.03. The molecule has 0 radical (unpaired) electrons. The van der Waals surface area contributed by atoms with Gasteiger partial charge >= 0.3 is 0 Å². The molecule has 7 nitrogen and oxygen atoms in total. The summed E-state index contributed by atoms with van der Waals surface area (Å²) >= 11 is 1.43. The van der Waals surface area contributed by atoms with Crippen molar-refractivity contribution < 1.29 is 19.0 Å². The highest BCUT2D eigenvalue weighted by atomic mass is 32.1. The third-order valence-corrected chi connectivity index (χ3v) is 4.76. The van der Waals surface area contributed by atoms with Gasteiger partial charge < -0.3 is 14.2 Å². The van der Waals surface area contributed by atoms with E-state index >= 15 is 0 Å². The van der Waals surface area contributed by atoms with E-state index in [2.05, 4.69) is 15.5 Å². The molecule has 1 saturated carbocycles. The van der Waals surface area contributed by atoms with E-state index < -0.39 is 0 Å². The molecule has 0 spiro atoms. The summed E-state index contributed by atoms with van der Waals surface area (Å²) in [5.41, 5.74) is 0.420. The van der Waals surface area contributed by atoms with Crippen LogP contribution in [0.3, 0.4) is 0 Å². The molecule has 1 heterocycles. The zero-order valence-corrected chi connectivity index (χ0v) is 16.0. The summed E-state index contributed by atoms with van der Waals surface area (Å²) in [5, 5.41) is 12.5. The van der Waals surface area contributed by atoms with Crippen LogP contribution in [0.15, 0.2) is 12.1 Å². The van der Waals surface area contributed by atoms with Gasteiger partial charge in [-0.2, -0.15) is 0 Å². The molecule has 8 heteroatoms. The number of carbonyl (C=O) groups is 1. The largest absolute Gasteiger partial charge is 0.490 e. The lowest BCUT2D eigenvalue weighted by Gasteiger charge is -2.16. The van der Waals surface area contributed by atoms with Crippen LogP contribution in [-0.4, -0.2) is 35.9 Å². The molecule has 1 aromatic carbocycles. The van der Waals surface area contributed by atoms with E-state index in [0.29, 0.717) is 53.7 Å². The lowest BCUT2D eigenvalue weighted by Crippen LogP contribution is -2.13. The average molecular weight is 377 g/mol. The molecule has 0 aliphatic heterocycles. The Morgan fingerprint density at radius 1 is 1.08 bits per heavy atom. The van der Waals surface area contributed by atoms with Crippen LogP contribution in [0.1, 0.15) is 54.9 Å². The Morgan fingerprint density at radius 3 is 2.23 bits per heavy atom. The fourth-order valence-electron chi connectivity index (χ4n) is 2.47. The zero-order valence-electron chi connectivity index (χ0n) is 15.2. The van der Waals surface area contributed by atoms with E-state index in [0.717, 1.165) is 17.8 Å². The van der Waals surface area contributed by atoms with Gasteiger partial charge in [0.15, 0.2) is 11.5 Å². The van der Waals surface area contributed by atoms with Crippen LogP contribution in [0.4, 0.5) is 5.13 Å². The van der Waals surface area contributed by atoms with Gasteiger partial charge in [0.2, 0.25) is 10.9 Å². The van der Waals surface area contributed by atoms with E-state index in [1.807, 2.05) is 20.8 Å². The third kappa shape index (κ3) is 4.24. The second kappa shape index (κ2) is 8.35. The van der Waals surface area contributed by atoms with Gasteiger partial charge in [0.1, 0.15) is 5.01 Å². The van der Waals surface area contributed by atoms with Crippen molar-refractivity contribution in [3.63, 3.8) is 0 Å². The number of hydrogen-bond acceptors (Lipinski definition) is 7. The first kappa shape index (κ1) is 18.4. The normalized spacial score (nSPS) is 13.3. The predicted octanol–water partition coefficient (Wildman–Crippen LogP) is 3.86. The Balaban J connectivity index is 1.85. The Kier molecular flexibility index (Phi) is 5.92. The lowest BCUT2D eigenvalue weighted by atomic mass is 10.1. The molecule has 0 atom stereocenters. The monoisotopic (exact) mass is 377 g/mol. The average Bonchev–Trinajstić information content (AvgIpc) is 3.37. The number of aromatic nitrogens is 2. The van der Waals surface area contributed by atoms with Crippen molar-refractivity contribution >= 4 is 22.4 Å². The number of ether oxygens (including phenoxy) is 3. The quantitative estimate of drug-likeness (QED) is 0.714. The second-order valence-corrected chi connectivity index (χ2v) is 6.78. The molecule has 3 rings (SSSR count). The van der Waals surface area contributed by atoms with E-state index in [-0.39, 0.29) is 5.91 Å². The summed E-state index contributed by atoms with van der Waals surface area (Å²) < 4.78 is 17.0. The number of hydrogen-bond donors (Lipinski definition) is 1. The fraction of sp³-hybridized carbons (Fsp3) is 0.500. The van der Waals surface area contributed by atoms with Crippen LogP contribution in [0, 0.1) is 0 Å². The SMILES string of the molecule is CCOc1cc(C(=O)Nc2nnc(C3CC3)s2)cc(OCC)c1OCC. The number of amides is 1. The molecule has 140 valence electrons. The molecule has 1 fully saturated rings. The van der Waals surface area contributed by atoms with Crippen LogP contribution >= 0.6 is 11.3 Å². The number of benzene rings is 1. The number of anilines is 1. The summed E-state index contributed by atoms with van der Waals surface area (Å²) in [4.78, 5) is 12.7. The number of nitrogens with one attached hydrogen (secondary N) is 1. The fourth-order valence-corrected chi connectivity index (χ4v) is 3.38. The minimum atomic E-state index is -0.284. The van der Waals surface area contributed by atoms with Crippen molar-refractivity contribution in [3.05, 3.63) is 22.7 Å². The molecular weight excluding hydrogens is 354 g/mol. The van der Waals surface area contributed by atoms with Gasteiger partial charge in [-0.05, 0) is 45.7 Å². The van der Waals surface area contributed by atoms with Gasteiger partial charge in [-0.15, -0.1) is 10.2 Å². The summed E-state index contributed by atoms with van der Waals surface area (Å²) in [7, 11) is 0. The molecule has 1 aromatic heterocycles. The standard InChI is InChI=1S/C18H23N3O4S/c1-4-23-13-9-12(10-14(24-5-2)15(13)25-6-3)16(22)19-18-21-20-17(26-18)11-7-8-11/h9-11H,4-8H2,1-3H3,(H,19,21,22). The van der Waals surface area contributed by atoms with Crippen molar-refractivity contribution in [1.29, 1.82) is 0 Å². The summed E-state index contributed by atoms with van der Waals surface area (Å²) in [5.74, 6) is 1.72. The lowest BCUT2D eigenvalue weighted by molar-refractivity contribution is 0.102. The molecular formula is C18H23N3O4S. The molecule has 1 aliphatic rings. The Hall–Kier alpha value is -2.35. The van der Waals surface area contributed by atoms with Gasteiger partial charge in [0, 0.05) is 11.5 Å². The highest BCUT2D eigenvalue weighted by Gasteiger charge is 2.28. The Labute approximate surface area is 156 Å². The molecule has 0 unspecified atom stereocenters. The minimum Gasteiger partial charge on any atom is -0.490 e. The maximum absolute atomic E-state index is 12.7. The summed E-state index contributed by atoms with van der Waals surface area (Å²) in [6.07, 6.45) is 2.30. The van der Waals surface area contributed by atoms with Gasteiger partial charge in [-0.1, -0.05) is 11.3 Å². The van der Waals surface area contributed by atoms with Crippen LogP contribution in [0.25, 0.3) is 0 Å². The van der Waals surface area contributed by atoms with Crippen LogP contribution in [0.5, 0.6) is 17.2 Å². The smallest absolute Gasteiger partial charge is 0.257 e. The first-order valence-corrected chi connectivity index (χ1v) is 9.69. The van der Waals surface area contributed by atoms with Crippen molar-refractivity contribution in [1.82, 2.24) is 10.2 Å². The highest BCUT2D eigenvalue weighted by Crippen LogP contribution is 2.42. The first-order valence-electron chi connectivity index (χ1n) is 8.87. The molecule has 1 N–H and O–H groups in total. The van der Waals surface area contributed by atoms with Crippen molar-refractivity contribution in [2.75, 3.05) is 25.1 Å². The van der Waals surface area contributed by atoms with Crippen molar-refractivity contribution in [3.8, 4) is 17.2 Å². The van der Waals surface area contributed by atoms with E-state index in [1.54, 1.807) is 12.1 Å². The second-order valence-electron chi connectivity index (χ2n) is 5.77. The van der Waals surface area contributed by atoms with Crippen LogP contribution < -0.4 is 19.5 Å². The molecule has 2 aromatic rings. The van der Waals surface area contributed by atoms with Gasteiger partial charge in [-0.3, -0.25) is 10.1 Å². The van der Waals surface area contributed by atoms with Gasteiger partial charge in [0.05, 0.1) is 19.8 Å². The number of nitrogens with zero attached hydrogens (tertiary/aromatic N) is 2. The van der Waals surface area contributed by atoms with Crippen molar-refractivity contribution in [2.45, 2.75) is 39.5 Å². The Morgan fingerprint density at radius 2 is 1.69 bits per heavy atom. The highest BCUT2D eigenvalue weighted by molar-refractivity contribution is 7.15. The molecule has 0 bridgehead atoms. The maximum Gasteiger partial charge on any atom is 0.257 e. The molecule has 1 aliphatic carbocycles. The van der Waals surface area contributed by atoms with E-state index in [1.165, 1.54) is 11.3 Å². The summed E-state index contributed by atoms with van der Waals surface area (Å²) in [6, 6.07) is 3.32. The molecule has 0 saturated heterocycles. The Bertz CT molecular complexity index is 747.